The normalized spacial score (nSPS) is 17.0. The molecule has 5 nitrogen and oxygen atoms in total. The number of carbonyl (C=O) groups excluding carboxylic acids is 1. The standard InChI is InChI=1S/C20H24F3N3O2/c1-13(12-28-2)25-19(27)15-10-14-4-3-5-17(18(14)24-11-15)26-8-6-16(7-9-26)20(21,22)23/h3-5,10-11,13,16H,6-9,12H2,1-2H3,(H,25,27)/t13-/m0/s1. The van der Waals surface area contributed by atoms with Crippen LogP contribution in [0.4, 0.5) is 18.9 Å². The maximum absolute atomic E-state index is 12.9. The van der Waals surface area contributed by atoms with E-state index >= 15 is 0 Å². The lowest BCUT2D eigenvalue weighted by Crippen LogP contribution is -2.39. The van der Waals surface area contributed by atoms with Gasteiger partial charge in [-0.05, 0) is 31.9 Å². The van der Waals surface area contributed by atoms with Crippen molar-refractivity contribution in [2.24, 2.45) is 5.92 Å². The highest BCUT2D eigenvalue weighted by molar-refractivity contribution is 5.99. The lowest BCUT2D eigenvalue weighted by Gasteiger charge is -2.34. The lowest BCUT2D eigenvalue weighted by molar-refractivity contribution is -0.179. The number of rotatable bonds is 5. The molecule has 1 aromatic heterocycles. The molecule has 1 N–H and O–H groups in total. The fourth-order valence-corrected chi connectivity index (χ4v) is 3.57. The summed E-state index contributed by atoms with van der Waals surface area (Å²) in [6, 6.07) is 7.18. The zero-order valence-corrected chi connectivity index (χ0v) is 15.9. The van der Waals surface area contributed by atoms with E-state index < -0.39 is 12.1 Å². The van der Waals surface area contributed by atoms with Gasteiger partial charge in [0.25, 0.3) is 5.91 Å². The van der Waals surface area contributed by atoms with Crippen molar-refractivity contribution in [3.63, 3.8) is 0 Å². The molecule has 1 aliphatic heterocycles. The maximum Gasteiger partial charge on any atom is 0.391 e. The fourth-order valence-electron chi connectivity index (χ4n) is 3.57. The van der Waals surface area contributed by atoms with E-state index in [9.17, 15) is 18.0 Å². The molecule has 1 atom stereocenters. The third-order valence-electron chi connectivity index (χ3n) is 5.04. The Bertz CT molecular complexity index is 833. The molecule has 0 saturated carbocycles. The molecule has 2 aromatic rings. The largest absolute Gasteiger partial charge is 0.391 e. The molecule has 0 bridgehead atoms. The molecule has 0 aliphatic carbocycles. The number of alkyl halides is 3. The van der Waals surface area contributed by atoms with Crippen molar-refractivity contribution in [3.8, 4) is 0 Å². The van der Waals surface area contributed by atoms with Crippen molar-refractivity contribution in [1.82, 2.24) is 10.3 Å². The van der Waals surface area contributed by atoms with Crippen LogP contribution in [0.3, 0.4) is 0 Å². The summed E-state index contributed by atoms with van der Waals surface area (Å²) in [5.41, 5.74) is 1.93. The van der Waals surface area contributed by atoms with Gasteiger partial charge in [-0.15, -0.1) is 0 Å². The predicted octanol–water partition coefficient (Wildman–Crippen LogP) is 3.78. The van der Waals surface area contributed by atoms with Crippen molar-refractivity contribution in [2.45, 2.75) is 32.0 Å². The van der Waals surface area contributed by atoms with E-state index in [-0.39, 0.29) is 24.8 Å². The third-order valence-corrected chi connectivity index (χ3v) is 5.04. The molecule has 3 rings (SSSR count). The van der Waals surface area contributed by atoms with Crippen molar-refractivity contribution >= 4 is 22.5 Å². The summed E-state index contributed by atoms with van der Waals surface area (Å²) in [5, 5.41) is 3.62. The van der Waals surface area contributed by atoms with Crippen LogP contribution in [-0.4, -0.2) is 49.9 Å². The number of hydrogen-bond donors (Lipinski definition) is 1. The summed E-state index contributed by atoms with van der Waals surface area (Å²) in [6.45, 7) is 2.92. The highest BCUT2D eigenvalue weighted by Gasteiger charge is 2.41. The third kappa shape index (κ3) is 4.55. The first-order valence-electron chi connectivity index (χ1n) is 9.30. The van der Waals surface area contributed by atoms with Gasteiger partial charge < -0.3 is 15.0 Å². The maximum atomic E-state index is 12.9. The highest BCUT2D eigenvalue weighted by atomic mass is 19.4. The van der Waals surface area contributed by atoms with E-state index in [1.54, 1.807) is 13.2 Å². The lowest BCUT2D eigenvalue weighted by atomic mass is 9.95. The van der Waals surface area contributed by atoms with Gasteiger partial charge in [-0.3, -0.25) is 9.78 Å². The zero-order valence-electron chi connectivity index (χ0n) is 15.9. The number of amides is 1. The first-order chi connectivity index (χ1) is 13.3. The minimum atomic E-state index is -4.13. The van der Waals surface area contributed by atoms with Gasteiger partial charge in [-0.2, -0.15) is 13.2 Å². The topological polar surface area (TPSA) is 54.5 Å². The molecular weight excluding hydrogens is 371 g/mol. The first kappa shape index (κ1) is 20.4. The Morgan fingerprint density at radius 3 is 2.71 bits per heavy atom. The summed E-state index contributed by atoms with van der Waals surface area (Å²) >= 11 is 0. The number of nitrogens with one attached hydrogen (secondary N) is 1. The highest BCUT2D eigenvalue weighted by Crippen LogP contribution is 2.36. The Kier molecular flexibility index (Phi) is 6.07. The number of anilines is 1. The van der Waals surface area contributed by atoms with Crippen LogP contribution in [-0.2, 0) is 4.74 Å². The minimum absolute atomic E-state index is 0.0811. The molecule has 0 unspecified atom stereocenters. The average Bonchev–Trinajstić information content (AvgIpc) is 2.66. The van der Waals surface area contributed by atoms with E-state index in [0.29, 0.717) is 30.8 Å². The summed E-state index contributed by atoms with van der Waals surface area (Å²) in [6.07, 6.45) is -2.47. The summed E-state index contributed by atoms with van der Waals surface area (Å²) in [5.74, 6) is -1.48. The van der Waals surface area contributed by atoms with Crippen LogP contribution in [0.15, 0.2) is 30.5 Å². The molecule has 0 radical (unpaired) electrons. The Balaban J connectivity index is 1.78. The molecule has 1 amide bonds. The summed E-state index contributed by atoms with van der Waals surface area (Å²) in [4.78, 5) is 18.8. The molecule has 152 valence electrons. The van der Waals surface area contributed by atoms with Crippen LogP contribution < -0.4 is 10.2 Å². The van der Waals surface area contributed by atoms with E-state index in [2.05, 4.69) is 10.3 Å². The zero-order chi connectivity index (χ0) is 20.3. The number of methoxy groups -OCH3 is 1. The van der Waals surface area contributed by atoms with Crippen molar-refractivity contribution in [2.75, 3.05) is 31.7 Å². The molecule has 8 heteroatoms. The van der Waals surface area contributed by atoms with Crippen molar-refractivity contribution < 1.29 is 22.7 Å². The predicted molar refractivity (Wildman–Crippen MR) is 102 cm³/mol. The van der Waals surface area contributed by atoms with Crippen LogP contribution in [0.25, 0.3) is 10.9 Å². The molecular formula is C20H24F3N3O2. The molecule has 1 aromatic carbocycles. The SMILES string of the molecule is COC[C@H](C)NC(=O)c1cnc2c(N3CCC(C(F)(F)F)CC3)cccc2c1. The number of aromatic nitrogens is 1. The first-order valence-corrected chi connectivity index (χ1v) is 9.30. The Morgan fingerprint density at radius 1 is 1.36 bits per heavy atom. The second kappa shape index (κ2) is 8.34. The van der Waals surface area contributed by atoms with Crippen LogP contribution in [0.1, 0.15) is 30.1 Å². The monoisotopic (exact) mass is 395 g/mol. The van der Waals surface area contributed by atoms with Crippen molar-refractivity contribution in [1.29, 1.82) is 0 Å². The van der Waals surface area contributed by atoms with Crippen LogP contribution >= 0.6 is 0 Å². The van der Waals surface area contributed by atoms with Crippen LogP contribution in [0.2, 0.25) is 0 Å². The average molecular weight is 395 g/mol. The van der Waals surface area contributed by atoms with Crippen LogP contribution in [0.5, 0.6) is 0 Å². The van der Waals surface area contributed by atoms with Gasteiger partial charge in [-0.25, -0.2) is 0 Å². The number of benzene rings is 1. The van der Waals surface area contributed by atoms with Gasteiger partial charge in [0.2, 0.25) is 0 Å². The molecule has 1 aliphatic rings. The minimum Gasteiger partial charge on any atom is -0.383 e. The summed E-state index contributed by atoms with van der Waals surface area (Å²) in [7, 11) is 1.57. The number of hydrogen-bond acceptors (Lipinski definition) is 4. The Hall–Kier alpha value is -2.35. The van der Waals surface area contributed by atoms with E-state index in [1.807, 2.05) is 30.0 Å². The van der Waals surface area contributed by atoms with Gasteiger partial charge in [0.05, 0.1) is 29.3 Å². The number of ether oxygens (including phenoxy) is 1. The molecule has 0 spiro atoms. The van der Waals surface area contributed by atoms with Gasteiger partial charge in [0.1, 0.15) is 0 Å². The van der Waals surface area contributed by atoms with Gasteiger partial charge in [0, 0.05) is 37.8 Å². The van der Waals surface area contributed by atoms with Gasteiger partial charge in [0.15, 0.2) is 0 Å². The number of halogens is 3. The Morgan fingerprint density at radius 2 is 2.07 bits per heavy atom. The number of pyridine rings is 1. The molecule has 1 fully saturated rings. The Labute approximate surface area is 161 Å². The van der Waals surface area contributed by atoms with E-state index in [0.717, 1.165) is 11.1 Å². The quantitative estimate of drug-likeness (QED) is 0.837. The van der Waals surface area contributed by atoms with Gasteiger partial charge >= 0.3 is 6.18 Å². The van der Waals surface area contributed by atoms with Crippen LogP contribution in [0, 0.1) is 5.92 Å². The number of para-hydroxylation sites is 1. The molecule has 28 heavy (non-hydrogen) atoms. The molecule has 1 saturated heterocycles. The number of carbonyl (C=O) groups is 1. The summed E-state index contributed by atoms with van der Waals surface area (Å²) < 4.78 is 43.7. The second-order valence-electron chi connectivity index (χ2n) is 7.21. The van der Waals surface area contributed by atoms with E-state index in [4.69, 9.17) is 4.74 Å². The van der Waals surface area contributed by atoms with Crippen molar-refractivity contribution in [3.05, 3.63) is 36.0 Å². The second-order valence-corrected chi connectivity index (χ2v) is 7.21. The fraction of sp³-hybridized carbons (Fsp3) is 0.500. The smallest absolute Gasteiger partial charge is 0.383 e. The van der Waals surface area contributed by atoms with E-state index in [1.165, 1.54) is 6.20 Å². The number of piperidine rings is 1. The number of nitrogens with zero attached hydrogens (tertiary/aromatic N) is 2. The van der Waals surface area contributed by atoms with Gasteiger partial charge in [-0.1, -0.05) is 12.1 Å². The number of fused-ring (bicyclic) bond motifs is 1. The molecule has 2 heterocycles.